The van der Waals surface area contributed by atoms with Gasteiger partial charge >= 0.3 is 0 Å². The molecule has 0 aromatic rings. The lowest BCUT2D eigenvalue weighted by Crippen LogP contribution is -2.56. The maximum atomic E-state index is 9.41. The van der Waals surface area contributed by atoms with Crippen molar-refractivity contribution in [3.8, 4) is 0 Å². The highest BCUT2D eigenvalue weighted by Gasteiger charge is 2.48. The molecule has 1 aliphatic carbocycles. The van der Waals surface area contributed by atoms with Gasteiger partial charge in [0.25, 0.3) is 0 Å². The number of hydrogen-bond acceptors (Lipinski definition) is 4. The molecule has 1 fully saturated rings. The minimum atomic E-state index is -0.824. The summed E-state index contributed by atoms with van der Waals surface area (Å²) in [6, 6.07) is -0.0203. The molecular formula is C6H13IN2O2. The smallest absolute Gasteiger partial charge is 0.0991 e. The minimum absolute atomic E-state index is 0.0203. The van der Waals surface area contributed by atoms with E-state index in [0.717, 1.165) is 0 Å². The van der Waals surface area contributed by atoms with Crippen molar-refractivity contribution in [1.82, 2.24) is 3.53 Å². The molecule has 4 nitrogen and oxygen atoms in total. The maximum absolute atomic E-state index is 9.41. The zero-order valence-corrected chi connectivity index (χ0v) is 8.45. The van der Waals surface area contributed by atoms with E-state index in [1.807, 2.05) is 22.9 Å². The lowest BCUT2D eigenvalue weighted by Gasteiger charge is -2.28. The Kier molecular flexibility index (Phi) is 2.75. The van der Waals surface area contributed by atoms with E-state index in [1.165, 1.54) is 0 Å². The predicted octanol–water partition coefficient (Wildman–Crippen LogP) is -0.863. The molecule has 1 aliphatic rings. The lowest BCUT2D eigenvalue weighted by molar-refractivity contribution is 0.0145. The number of aliphatic hydroxyl groups excluding tert-OH is 2. The molecule has 66 valence electrons. The first-order chi connectivity index (χ1) is 5.00. The van der Waals surface area contributed by atoms with Gasteiger partial charge in [-0.2, -0.15) is 0 Å². The highest BCUT2D eigenvalue weighted by atomic mass is 127. The highest BCUT2D eigenvalue weighted by Crippen LogP contribution is 2.28. The number of aliphatic hydroxyl groups is 2. The largest absolute Gasteiger partial charge is 0.390 e. The van der Waals surface area contributed by atoms with Gasteiger partial charge in [-0.15, -0.1) is 0 Å². The monoisotopic (exact) mass is 272 g/mol. The predicted molar refractivity (Wildman–Crippen MR) is 50.2 cm³/mol. The van der Waals surface area contributed by atoms with Crippen molar-refractivity contribution in [3.63, 3.8) is 0 Å². The van der Waals surface area contributed by atoms with Crippen LogP contribution in [0.25, 0.3) is 0 Å². The summed E-state index contributed by atoms with van der Waals surface area (Å²) in [6.45, 7) is 1.74. The summed E-state index contributed by atoms with van der Waals surface area (Å²) >= 11 is 1.98. The molecule has 0 aliphatic heterocycles. The normalized spacial score (nSPS) is 51.5. The molecule has 0 aromatic heterocycles. The number of halogens is 1. The zero-order valence-electron chi connectivity index (χ0n) is 6.29. The van der Waals surface area contributed by atoms with Crippen molar-refractivity contribution >= 4 is 22.9 Å². The molecule has 1 saturated carbocycles. The average molecular weight is 272 g/mol. The zero-order chi connectivity index (χ0) is 8.65. The van der Waals surface area contributed by atoms with Gasteiger partial charge < -0.3 is 15.9 Å². The summed E-state index contributed by atoms with van der Waals surface area (Å²) < 4.78 is 2.94. The van der Waals surface area contributed by atoms with Gasteiger partial charge in [-0.05, 0) is 13.3 Å². The van der Waals surface area contributed by atoms with Crippen LogP contribution >= 0.6 is 22.9 Å². The summed E-state index contributed by atoms with van der Waals surface area (Å²) in [7, 11) is 0. The van der Waals surface area contributed by atoms with Crippen LogP contribution in [0.1, 0.15) is 13.3 Å². The van der Waals surface area contributed by atoms with E-state index in [-0.39, 0.29) is 6.04 Å². The standard InChI is InChI=1S/C6H13IN2O2/c1-6(8)4(9-7)2-3(10)5(6)11/h3-5,9-11H,2,8H2,1H3. The minimum Gasteiger partial charge on any atom is -0.390 e. The maximum Gasteiger partial charge on any atom is 0.0991 e. The van der Waals surface area contributed by atoms with Crippen molar-refractivity contribution in [1.29, 1.82) is 0 Å². The van der Waals surface area contributed by atoms with Crippen LogP contribution in [-0.4, -0.2) is 34.0 Å². The van der Waals surface area contributed by atoms with Gasteiger partial charge in [-0.1, -0.05) is 0 Å². The topological polar surface area (TPSA) is 78.5 Å². The molecule has 0 heterocycles. The molecule has 0 radical (unpaired) electrons. The van der Waals surface area contributed by atoms with Gasteiger partial charge in [0.05, 0.1) is 17.7 Å². The summed E-state index contributed by atoms with van der Waals surface area (Å²) in [5.41, 5.74) is 5.07. The fourth-order valence-electron chi connectivity index (χ4n) is 1.41. The molecule has 0 amide bonds. The van der Waals surface area contributed by atoms with Gasteiger partial charge in [-0.3, -0.25) is 3.53 Å². The Balaban J connectivity index is 2.74. The van der Waals surface area contributed by atoms with Gasteiger partial charge in [0.2, 0.25) is 0 Å². The third-order valence-electron chi connectivity index (χ3n) is 2.36. The summed E-state index contributed by atoms with van der Waals surface area (Å²) in [6.07, 6.45) is -1.01. The Morgan fingerprint density at radius 1 is 1.64 bits per heavy atom. The molecule has 0 bridgehead atoms. The second-order valence-corrected chi connectivity index (χ2v) is 3.90. The van der Waals surface area contributed by atoms with Crippen LogP contribution < -0.4 is 9.26 Å². The summed E-state index contributed by atoms with van der Waals surface area (Å²) in [4.78, 5) is 0. The fraction of sp³-hybridized carbons (Fsp3) is 1.00. The van der Waals surface area contributed by atoms with Gasteiger partial charge in [0.15, 0.2) is 0 Å². The third kappa shape index (κ3) is 1.52. The Bertz CT molecular complexity index is 154. The van der Waals surface area contributed by atoms with Crippen LogP contribution in [0.2, 0.25) is 0 Å². The second kappa shape index (κ2) is 3.14. The van der Waals surface area contributed by atoms with E-state index in [0.29, 0.717) is 6.42 Å². The number of hydrogen-bond donors (Lipinski definition) is 4. The molecule has 4 atom stereocenters. The SMILES string of the molecule is CC1(N)C(NI)CC(O)C1O. The average Bonchev–Trinajstić information content (AvgIpc) is 2.13. The Morgan fingerprint density at radius 3 is 2.36 bits per heavy atom. The first-order valence-corrected chi connectivity index (χ1v) is 4.59. The van der Waals surface area contributed by atoms with E-state index < -0.39 is 17.7 Å². The van der Waals surface area contributed by atoms with Crippen molar-refractivity contribution < 1.29 is 10.2 Å². The molecule has 0 aromatic carbocycles. The Hall–Kier alpha value is 0.570. The Morgan fingerprint density at radius 2 is 2.18 bits per heavy atom. The van der Waals surface area contributed by atoms with Gasteiger partial charge in [-0.25, -0.2) is 0 Å². The van der Waals surface area contributed by atoms with Crippen LogP contribution in [0.3, 0.4) is 0 Å². The molecule has 11 heavy (non-hydrogen) atoms. The highest BCUT2D eigenvalue weighted by molar-refractivity contribution is 14.1. The molecule has 0 spiro atoms. The van der Waals surface area contributed by atoms with Crippen molar-refractivity contribution in [2.45, 2.75) is 37.1 Å². The quantitative estimate of drug-likeness (QED) is 0.370. The molecule has 5 heteroatoms. The van der Waals surface area contributed by atoms with Gasteiger partial charge in [0, 0.05) is 28.9 Å². The van der Waals surface area contributed by atoms with Gasteiger partial charge in [0.1, 0.15) is 0 Å². The summed E-state index contributed by atoms with van der Waals surface area (Å²) in [5.74, 6) is 0. The fourth-order valence-corrected chi connectivity index (χ4v) is 2.33. The molecule has 0 saturated heterocycles. The molecule has 5 N–H and O–H groups in total. The van der Waals surface area contributed by atoms with Crippen LogP contribution in [0.5, 0.6) is 0 Å². The van der Waals surface area contributed by atoms with E-state index >= 15 is 0 Å². The second-order valence-electron chi connectivity index (χ2n) is 3.28. The number of nitrogens with two attached hydrogens (primary N) is 1. The van der Waals surface area contributed by atoms with E-state index in [2.05, 4.69) is 3.53 Å². The first kappa shape index (κ1) is 9.66. The van der Waals surface area contributed by atoms with E-state index in [4.69, 9.17) is 5.73 Å². The number of rotatable bonds is 1. The van der Waals surface area contributed by atoms with Crippen LogP contribution in [0.4, 0.5) is 0 Å². The van der Waals surface area contributed by atoms with Crippen molar-refractivity contribution in [3.05, 3.63) is 0 Å². The molecular weight excluding hydrogens is 259 g/mol. The van der Waals surface area contributed by atoms with E-state index in [9.17, 15) is 10.2 Å². The van der Waals surface area contributed by atoms with Crippen LogP contribution in [0, 0.1) is 0 Å². The lowest BCUT2D eigenvalue weighted by atomic mass is 9.96. The third-order valence-corrected chi connectivity index (χ3v) is 3.11. The van der Waals surface area contributed by atoms with Crippen molar-refractivity contribution in [2.75, 3.05) is 0 Å². The number of nitrogens with one attached hydrogen (secondary N) is 1. The Labute approximate surface area is 79.7 Å². The van der Waals surface area contributed by atoms with Crippen molar-refractivity contribution in [2.24, 2.45) is 5.73 Å². The van der Waals surface area contributed by atoms with E-state index in [1.54, 1.807) is 6.92 Å². The first-order valence-electron chi connectivity index (χ1n) is 3.51. The van der Waals surface area contributed by atoms with Crippen LogP contribution in [-0.2, 0) is 0 Å². The molecule has 4 unspecified atom stereocenters. The molecule has 1 rings (SSSR count). The van der Waals surface area contributed by atoms with Crippen LogP contribution in [0.15, 0.2) is 0 Å². The summed E-state index contributed by atoms with van der Waals surface area (Å²) in [5, 5.41) is 18.7.